The lowest BCUT2D eigenvalue weighted by molar-refractivity contribution is -0.123. The summed E-state index contributed by atoms with van der Waals surface area (Å²) in [5.74, 6) is 0.410. The van der Waals surface area contributed by atoms with Gasteiger partial charge in [0, 0.05) is 18.8 Å². The molecule has 0 aliphatic heterocycles. The van der Waals surface area contributed by atoms with Crippen LogP contribution in [0.4, 0.5) is 5.69 Å². The third kappa shape index (κ3) is 5.64. The number of hydrogen-bond donors (Lipinski definition) is 1. The monoisotopic (exact) mass is 339 g/mol. The highest BCUT2D eigenvalue weighted by molar-refractivity contribution is 5.83. The number of carbonyl (C=O) groups excluding carboxylic acids is 1. The van der Waals surface area contributed by atoms with Crippen LogP contribution < -0.4 is 15.1 Å². The zero-order valence-corrected chi connectivity index (χ0v) is 15.0. The Morgan fingerprint density at radius 1 is 1.12 bits per heavy atom. The first-order valence-electron chi connectivity index (χ1n) is 8.49. The topological polar surface area (TPSA) is 53.9 Å². The maximum Gasteiger partial charge on any atom is 0.277 e. The Hall–Kier alpha value is -2.82. The highest BCUT2D eigenvalue weighted by atomic mass is 16.5. The molecule has 0 atom stereocenters. The van der Waals surface area contributed by atoms with E-state index >= 15 is 0 Å². The van der Waals surface area contributed by atoms with E-state index in [0.29, 0.717) is 5.75 Å². The Bertz CT molecular complexity index is 707. The second-order valence-electron chi connectivity index (χ2n) is 5.61. The Balaban J connectivity index is 1.82. The van der Waals surface area contributed by atoms with E-state index in [1.165, 1.54) is 5.69 Å². The van der Waals surface area contributed by atoms with Gasteiger partial charge in [0.05, 0.1) is 6.21 Å². The number of para-hydroxylation sites is 1. The molecular formula is C20H25N3O2. The first kappa shape index (κ1) is 18.5. The lowest BCUT2D eigenvalue weighted by atomic mass is 10.2. The quantitative estimate of drug-likeness (QED) is 0.593. The van der Waals surface area contributed by atoms with Gasteiger partial charge in [-0.1, -0.05) is 30.3 Å². The van der Waals surface area contributed by atoms with Gasteiger partial charge in [-0.3, -0.25) is 4.79 Å². The van der Waals surface area contributed by atoms with Crippen LogP contribution >= 0.6 is 0 Å². The van der Waals surface area contributed by atoms with E-state index in [1.54, 1.807) is 6.21 Å². The summed E-state index contributed by atoms with van der Waals surface area (Å²) in [6.45, 7) is 8.08. The van der Waals surface area contributed by atoms with Crippen molar-refractivity contribution in [2.24, 2.45) is 5.10 Å². The molecule has 2 aromatic rings. The van der Waals surface area contributed by atoms with Gasteiger partial charge < -0.3 is 9.64 Å². The molecule has 0 saturated carbocycles. The predicted octanol–water partition coefficient (Wildman–Crippen LogP) is 3.37. The molecule has 0 aromatic heterocycles. The zero-order valence-electron chi connectivity index (χ0n) is 15.0. The van der Waals surface area contributed by atoms with Gasteiger partial charge in [0.15, 0.2) is 6.61 Å². The number of nitrogens with zero attached hydrogens (tertiary/aromatic N) is 2. The Kier molecular flexibility index (Phi) is 7.01. The average molecular weight is 339 g/mol. The van der Waals surface area contributed by atoms with Crippen LogP contribution in [0.1, 0.15) is 25.0 Å². The number of hydrazone groups is 1. The summed E-state index contributed by atoms with van der Waals surface area (Å²) >= 11 is 0. The number of nitrogens with one attached hydrogen (secondary N) is 1. The van der Waals surface area contributed by atoms with Crippen molar-refractivity contribution >= 4 is 17.8 Å². The summed E-state index contributed by atoms with van der Waals surface area (Å²) in [4.78, 5) is 14.1. The lowest BCUT2D eigenvalue weighted by Crippen LogP contribution is -2.24. The summed E-state index contributed by atoms with van der Waals surface area (Å²) in [6, 6.07) is 15.6. The van der Waals surface area contributed by atoms with Crippen molar-refractivity contribution in [3.63, 3.8) is 0 Å². The van der Waals surface area contributed by atoms with Crippen molar-refractivity contribution < 1.29 is 9.53 Å². The number of aryl methyl sites for hydroxylation is 1. The van der Waals surface area contributed by atoms with Gasteiger partial charge in [0.1, 0.15) is 5.75 Å². The van der Waals surface area contributed by atoms with Crippen molar-refractivity contribution in [3.05, 3.63) is 59.7 Å². The maximum atomic E-state index is 11.8. The van der Waals surface area contributed by atoms with Gasteiger partial charge in [0.25, 0.3) is 5.91 Å². The normalized spacial score (nSPS) is 10.7. The van der Waals surface area contributed by atoms with Crippen molar-refractivity contribution in [1.82, 2.24) is 5.43 Å². The number of carbonyl (C=O) groups is 1. The SMILES string of the molecule is CCN(CC)c1ccc(/C=N/NC(=O)COc2ccccc2C)cc1. The van der Waals surface area contributed by atoms with Gasteiger partial charge in [-0.05, 0) is 50.1 Å². The van der Waals surface area contributed by atoms with E-state index in [4.69, 9.17) is 4.74 Å². The molecule has 0 aliphatic carbocycles. The van der Waals surface area contributed by atoms with E-state index in [0.717, 1.165) is 24.2 Å². The minimum absolute atomic E-state index is 0.0664. The molecule has 5 nitrogen and oxygen atoms in total. The zero-order chi connectivity index (χ0) is 18.1. The fourth-order valence-corrected chi connectivity index (χ4v) is 2.43. The summed E-state index contributed by atoms with van der Waals surface area (Å²) in [5, 5.41) is 3.97. The molecule has 25 heavy (non-hydrogen) atoms. The molecule has 1 amide bonds. The number of benzene rings is 2. The Morgan fingerprint density at radius 3 is 2.44 bits per heavy atom. The van der Waals surface area contributed by atoms with Gasteiger partial charge in [0.2, 0.25) is 0 Å². The molecule has 0 radical (unpaired) electrons. The molecule has 1 N–H and O–H groups in total. The molecule has 2 rings (SSSR count). The average Bonchev–Trinajstić information content (AvgIpc) is 2.63. The van der Waals surface area contributed by atoms with Crippen LogP contribution in [0.15, 0.2) is 53.6 Å². The Morgan fingerprint density at radius 2 is 1.80 bits per heavy atom. The van der Waals surface area contributed by atoms with Crippen molar-refractivity contribution in [2.45, 2.75) is 20.8 Å². The van der Waals surface area contributed by atoms with Crippen molar-refractivity contribution in [3.8, 4) is 5.75 Å². The smallest absolute Gasteiger partial charge is 0.277 e. The van der Waals surface area contributed by atoms with Gasteiger partial charge in [-0.25, -0.2) is 5.43 Å². The van der Waals surface area contributed by atoms with E-state index < -0.39 is 0 Å². The third-order valence-electron chi connectivity index (χ3n) is 3.88. The van der Waals surface area contributed by atoms with Gasteiger partial charge in [-0.2, -0.15) is 5.10 Å². The molecule has 0 spiro atoms. The van der Waals surface area contributed by atoms with Crippen LogP contribution in [0.5, 0.6) is 5.75 Å². The number of hydrogen-bond acceptors (Lipinski definition) is 4. The molecule has 0 bridgehead atoms. The Labute approximate surface area is 149 Å². The molecule has 0 unspecified atom stereocenters. The molecule has 5 heteroatoms. The van der Waals surface area contributed by atoms with Crippen LogP contribution in [0.2, 0.25) is 0 Å². The van der Waals surface area contributed by atoms with Gasteiger partial charge >= 0.3 is 0 Å². The summed E-state index contributed by atoms with van der Waals surface area (Å²) in [6.07, 6.45) is 1.62. The van der Waals surface area contributed by atoms with Crippen LogP contribution in [0.3, 0.4) is 0 Å². The first-order chi connectivity index (χ1) is 12.1. The highest BCUT2D eigenvalue weighted by Crippen LogP contribution is 2.16. The molecule has 132 valence electrons. The van der Waals surface area contributed by atoms with E-state index in [2.05, 4.69) is 41.4 Å². The first-order valence-corrected chi connectivity index (χ1v) is 8.49. The molecule has 0 heterocycles. The second-order valence-corrected chi connectivity index (χ2v) is 5.61. The van der Waals surface area contributed by atoms with E-state index in [1.807, 2.05) is 43.3 Å². The number of anilines is 1. The molecule has 0 saturated heterocycles. The summed E-state index contributed by atoms with van der Waals surface area (Å²) in [7, 11) is 0. The minimum Gasteiger partial charge on any atom is -0.483 e. The van der Waals surface area contributed by atoms with Crippen LogP contribution in [-0.2, 0) is 4.79 Å². The third-order valence-corrected chi connectivity index (χ3v) is 3.88. The van der Waals surface area contributed by atoms with E-state index in [-0.39, 0.29) is 12.5 Å². The number of rotatable bonds is 8. The fraction of sp³-hybridized carbons (Fsp3) is 0.300. The van der Waals surface area contributed by atoms with Crippen LogP contribution in [0.25, 0.3) is 0 Å². The second kappa shape index (κ2) is 9.47. The molecule has 0 aliphatic rings. The van der Waals surface area contributed by atoms with Gasteiger partial charge in [-0.15, -0.1) is 0 Å². The summed E-state index contributed by atoms with van der Waals surface area (Å²) in [5.41, 5.74) is 5.57. The predicted molar refractivity (Wildman–Crippen MR) is 102 cm³/mol. The largest absolute Gasteiger partial charge is 0.483 e. The maximum absolute atomic E-state index is 11.8. The number of amides is 1. The molecule has 2 aromatic carbocycles. The molecule has 0 fully saturated rings. The van der Waals surface area contributed by atoms with E-state index in [9.17, 15) is 4.79 Å². The van der Waals surface area contributed by atoms with Crippen molar-refractivity contribution in [1.29, 1.82) is 0 Å². The van der Waals surface area contributed by atoms with Crippen LogP contribution in [0, 0.1) is 6.92 Å². The number of ether oxygens (including phenoxy) is 1. The lowest BCUT2D eigenvalue weighted by Gasteiger charge is -2.20. The fourth-order valence-electron chi connectivity index (χ4n) is 2.43. The molecular weight excluding hydrogens is 314 g/mol. The standard InChI is InChI=1S/C20H25N3O2/c1-4-23(5-2)18-12-10-17(11-13-18)14-21-22-20(24)15-25-19-9-7-6-8-16(19)3/h6-14H,4-5,15H2,1-3H3,(H,22,24)/b21-14+. The minimum atomic E-state index is -0.292. The van der Waals surface area contributed by atoms with Crippen molar-refractivity contribution in [2.75, 3.05) is 24.6 Å². The highest BCUT2D eigenvalue weighted by Gasteiger charge is 2.03. The van der Waals surface area contributed by atoms with Crippen LogP contribution in [-0.4, -0.2) is 31.8 Å². The summed E-state index contributed by atoms with van der Waals surface area (Å²) < 4.78 is 5.48.